The van der Waals surface area contributed by atoms with Gasteiger partial charge in [0.1, 0.15) is 16.5 Å². The molecule has 1 atom stereocenters. The first-order chi connectivity index (χ1) is 16.6. The number of rotatable bonds is 6. The van der Waals surface area contributed by atoms with E-state index in [9.17, 15) is 27.1 Å². The fourth-order valence-electron chi connectivity index (χ4n) is 4.05. The fraction of sp³-hybridized carbons (Fsp3) is 0.240. The molecule has 10 heteroatoms. The average molecular weight is 522 g/mol. The molecule has 1 heterocycles. The van der Waals surface area contributed by atoms with Gasteiger partial charge in [-0.2, -0.15) is 0 Å². The summed E-state index contributed by atoms with van der Waals surface area (Å²) >= 11 is 6.06. The van der Waals surface area contributed by atoms with E-state index in [-0.39, 0.29) is 27.8 Å². The first-order valence-electron chi connectivity index (χ1n) is 10.7. The van der Waals surface area contributed by atoms with Crippen LogP contribution in [-0.4, -0.2) is 50.6 Å². The Kier molecular flexibility index (Phi) is 7.12. The third-order valence-corrected chi connectivity index (χ3v) is 7.90. The molecule has 0 bridgehead atoms. The summed E-state index contributed by atoms with van der Waals surface area (Å²) in [5, 5.41) is 10.1. The maximum atomic E-state index is 14.6. The van der Waals surface area contributed by atoms with Crippen molar-refractivity contribution in [2.45, 2.75) is 23.2 Å². The van der Waals surface area contributed by atoms with Gasteiger partial charge in [-0.25, -0.2) is 17.2 Å². The molecule has 1 aliphatic rings. The summed E-state index contributed by atoms with van der Waals surface area (Å²) in [4.78, 5) is 13.8. The molecule has 1 amide bonds. The van der Waals surface area contributed by atoms with Gasteiger partial charge in [0.15, 0.2) is 15.6 Å². The Morgan fingerprint density at radius 2 is 1.86 bits per heavy atom. The largest absolute Gasteiger partial charge is 0.505 e. The Balaban J connectivity index is 1.70. The molecule has 3 aromatic rings. The van der Waals surface area contributed by atoms with E-state index in [1.165, 1.54) is 11.0 Å². The summed E-state index contributed by atoms with van der Waals surface area (Å²) in [6.07, 6.45) is 0.502. The summed E-state index contributed by atoms with van der Waals surface area (Å²) < 4.78 is 60.7. The smallest absolute Gasteiger partial charge is 0.254 e. The number of aromatic hydroxyl groups is 1. The van der Waals surface area contributed by atoms with Gasteiger partial charge in [-0.1, -0.05) is 41.9 Å². The van der Waals surface area contributed by atoms with E-state index in [4.69, 9.17) is 16.3 Å². The molecule has 0 aromatic heterocycles. The van der Waals surface area contributed by atoms with Crippen molar-refractivity contribution in [1.82, 2.24) is 4.90 Å². The van der Waals surface area contributed by atoms with Crippen LogP contribution in [-0.2, 0) is 20.3 Å². The average Bonchev–Trinajstić information content (AvgIpc) is 3.32. The summed E-state index contributed by atoms with van der Waals surface area (Å²) in [6, 6.07) is 12.3. The quantitative estimate of drug-likeness (QED) is 0.502. The predicted octanol–water partition coefficient (Wildman–Crippen LogP) is 4.83. The van der Waals surface area contributed by atoms with Gasteiger partial charge >= 0.3 is 0 Å². The molecule has 1 N–H and O–H groups in total. The zero-order chi connectivity index (χ0) is 25.3. The second-order valence-electron chi connectivity index (χ2n) is 8.25. The van der Waals surface area contributed by atoms with E-state index in [1.54, 1.807) is 37.4 Å². The lowest BCUT2D eigenvalue weighted by Gasteiger charge is -2.18. The molecule has 0 aliphatic carbocycles. The number of nitrogens with zero attached hydrogens (tertiary/aromatic N) is 1. The number of benzene rings is 3. The molecule has 1 aliphatic heterocycles. The Morgan fingerprint density at radius 1 is 1.14 bits per heavy atom. The molecule has 0 unspecified atom stereocenters. The van der Waals surface area contributed by atoms with Crippen molar-refractivity contribution in [3.63, 3.8) is 0 Å². The molecule has 4 rings (SSSR count). The second kappa shape index (κ2) is 9.93. The number of amides is 1. The lowest BCUT2D eigenvalue weighted by atomic mass is 10.0. The van der Waals surface area contributed by atoms with E-state index in [0.717, 1.165) is 12.1 Å². The number of hydrogen-bond donors (Lipinski definition) is 1. The molecule has 3 aromatic carbocycles. The van der Waals surface area contributed by atoms with Crippen LogP contribution in [0.4, 0.5) is 8.78 Å². The van der Waals surface area contributed by atoms with E-state index >= 15 is 0 Å². The first-order valence-corrected chi connectivity index (χ1v) is 12.7. The number of phenolic OH excluding ortho intramolecular Hbond substituents is 1. The Morgan fingerprint density at radius 3 is 2.51 bits per heavy atom. The van der Waals surface area contributed by atoms with Crippen LogP contribution in [0.25, 0.3) is 11.1 Å². The van der Waals surface area contributed by atoms with Crippen molar-refractivity contribution in [3.05, 3.63) is 82.4 Å². The van der Waals surface area contributed by atoms with Crippen LogP contribution in [0.15, 0.2) is 59.5 Å². The molecule has 1 fully saturated rings. The summed E-state index contributed by atoms with van der Waals surface area (Å²) in [6.45, 7) is 0.750. The standard InChI is InChI=1S/C25H22ClF2NO5S/c1-34-18-7-8-29(13-18)25(31)16-10-20(26)24(30)23(11-16)35(32,33)14-17-9-19(22(28)12-21(17)27)15-5-3-2-4-6-15/h2-6,9-12,18,30H,7-8,13-14H2,1H3/t18-/m0/s1. The van der Waals surface area contributed by atoms with E-state index in [0.29, 0.717) is 31.1 Å². The minimum Gasteiger partial charge on any atom is -0.505 e. The van der Waals surface area contributed by atoms with Crippen LogP contribution < -0.4 is 0 Å². The van der Waals surface area contributed by atoms with Gasteiger partial charge < -0.3 is 14.7 Å². The highest BCUT2D eigenvalue weighted by Crippen LogP contribution is 2.36. The van der Waals surface area contributed by atoms with Gasteiger partial charge in [-0.15, -0.1) is 0 Å². The number of carbonyl (C=O) groups is 1. The zero-order valence-electron chi connectivity index (χ0n) is 18.7. The normalized spacial score (nSPS) is 16.0. The number of phenols is 1. The van der Waals surface area contributed by atoms with Gasteiger partial charge in [0.25, 0.3) is 5.91 Å². The highest BCUT2D eigenvalue weighted by molar-refractivity contribution is 7.90. The van der Waals surface area contributed by atoms with Gasteiger partial charge in [0.2, 0.25) is 0 Å². The molecular formula is C25H22ClF2NO5S. The van der Waals surface area contributed by atoms with Crippen molar-refractivity contribution in [1.29, 1.82) is 0 Å². The first kappa shape index (κ1) is 25.1. The summed E-state index contributed by atoms with van der Waals surface area (Å²) in [5.74, 6) is -3.98. The number of methoxy groups -OCH3 is 1. The number of halogens is 3. The molecule has 0 spiro atoms. The molecular weight excluding hydrogens is 500 g/mol. The number of sulfone groups is 1. The van der Waals surface area contributed by atoms with Crippen molar-refractivity contribution in [2.24, 2.45) is 0 Å². The molecule has 0 radical (unpaired) electrons. The SMILES string of the molecule is CO[C@H]1CCN(C(=O)c2cc(Cl)c(O)c(S(=O)(=O)Cc3cc(-c4ccccc4)c(F)cc3F)c2)C1. The van der Waals surface area contributed by atoms with Crippen molar-refractivity contribution >= 4 is 27.3 Å². The number of hydrogen-bond acceptors (Lipinski definition) is 5. The highest BCUT2D eigenvalue weighted by Gasteiger charge is 2.30. The van der Waals surface area contributed by atoms with Crippen LogP contribution in [0.2, 0.25) is 5.02 Å². The fourth-order valence-corrected chi connectivity index (χ4v) is 5.82. The zero-order valence-corrected chi connectivity index (χ0v) is 20.2. The molecule has 35 heavy (non-hydrogen) atoms. The van der Waals surface area contributed by atoms with E-state index < -0.39 is 43.8 Å². The number of carbonyl (C=O) groups excluding carboxylic acids is 1. The molecule has 6 nitrogen and oxygen atoms in total. The third-order valence-electron chi connectivity index (χ3n) is 5.94. The van der Waals surface area contributed by atoms with E-state index in [2.05, 4.69) is 0 Å². The van der Waals surface area contributed by atoms with Crippen LogP contribution in [0, 0.1) is 11.6 Å². The topological polar surface area (TPSA) is 83.9 Å². The van der Waals surface area contributed by atoms with Crippen LogP contribution in [0.3, 0.4) is 0 Å². The lowest BCUT2D eigenvalue weighted by Crippen LogP contribution is -2.30. The summed E-state index contributed by atoms with van der Waals surface area (Å²) in [7, 11) is -2.85. The predicted molar refractivity (Wildman–Crippen MR) is 127 cm³/mol. The van der Waals surface area contributed by atoms with Crippen LogP contribution >= 0.6 is 11.6 Å². The van der Waals surface area contributed by atoms with Crippen molar-refractivity contribution in [2.75, 3.05) is 20.2 Å². The van der Waals surface area contributed by atoms with Gasteiger partial charge in [0.05, 0.1) is 16.9 Å². The van der Waals surface area contributed by atoms with Crippen molar-refractivity contribution in [3.8, 4) is 16.9 Å². The number of ether oxygens (including phenoxy) is 1. The van der Waals surface area contributed by atoms with Gasteiger partial charge in [-0.3, -0.25) is 4.79 Å². The van der Waals surface area contributed by atoms with E-state index in [1.807, 2.05) is 0 Å². The maximum absolute atomic E-state index is 14.6. The minimum atomic E-state index is -4.39. The second-order valence-corrected chi connectivity index (χ2v) is 10.6. The molecule has 184 valence electrons. The maximum Gasteiger partial charge on any atom is 0.254 e. The van der Waals surface area contributed by atoms with Gasteiger partial charge in [-0.05, 0) is 30.2 Å². The van der Waals surface area contributed by atoms with Gasteiger partial charge in [0, 0.05) is 43.0 Å². The lowest BCUT2D eigenvalue weighted by molar-refractivity contribution is 0.0724. The third kappa shape index (κ3) is 5.17. The Labute approximate surface area is 206 Å². The van der Waals surface area contributed by atoms with Crippen LogP contribution in [0.5, 0.6) is 5.75 Å². The summed E-state index contributed by atoms with van der Waals surface area (Å²) in [5.41, 5.74) is 0.153. The monoisotopic (exact) mass is 521 g/mol. The Hall–Kier alpha value is -3.01. The molecule has 1 saturated heterocycles. The Bertz CT molecular complexity index is 1380. The highest BCUT2D eigenvalue weighted by atomic mass is 35.5. The van der Waals surface area contributed by atoms with Crippen molar-refractivity contribution < 1.29 is 31.8 Å². The number of likely N-dealkylation sites (tertiary alicyclic amines) is 1. The molecule has 0 saturated carbocycles. The van der Waals surface area contributed by atoms with Crippen LogP contribution in [0.1, 0.15) is 22.3 Å². The minimum absolute atomic E-state index is 0.0325.